The predicted molar refractivity (Wildman–Crippen MR) is 297 cm³/mol. The summed E-state index contributed by atoms with van der Waals surface area (Å²) in [5.74, 6) is -0.660. The van der Waals surface area contributed by atoms with E-state index in [1.54, 1.807) is 17.4 Å². The number of rotatable bonds is 23. The maximum absolute atomic E-state index is 14.2. The van der Waals surface area contributed by atoms with E-state index in [2.05, 4.69) is 43.6 Å². The van der Waals surface area contributed by atoms with Gasteiger partial charge in [-0.25, -0.2) is 4.98 Å². The van der Waals surface area contributed by atoms with Gasteiger partial charge in [-0.15, -0.1) is 11.3 Å². The summed E-state index contributed by atoms with van der Waals surface area (Å²) >= 11 is 1.58. The van der Waals surface area contributed by atoms with Gasteiger partial charge in [-0.1, -0.05) is 50.2 Å². The van der Waals surface area contributed by atoms with Crippen LogP contribution in [-0.4, -0.2) is 114 Å². The number of ether oxygens (including phenoxy) is 4. The highest BCUT2D eigenvalue weighted by Crippen LogP contribution is 2.36. The minimum Gasteiger partial charge on any atom is -0.494 e. The fourth-order valence-electron chi connectivity index (χ4n) is 10.4. The molecule has 2 fully saturated rings. The van der Waals surface area contributed by atoms with Crippen molar-refractivity contribution in [3.63, 3.8) is 0 Å². The number of aromatic amines is 1. The number of pyridine rings is 1. The largest absolute Gasteiger partial charge is 0.494 e. The van der Waals surface area contributed by atoms with E-state index in [9.17, 15) is 24.3 Å². The van der Waals surface area contributed by atoms with Gasteiger partial charge in [0.15, 0.2) is 5.76 Å². The van der Waals surface area contributed by atoms with Crippen molar-refractivity contribution >= 4 is 34.7 Å². The van der Waals surface area contributed by atoms with E-state index in [1.807, 2.05) is 115 Å². The van der Waals surface area contributed by atoms with Crippen molar-refractivity contribution in [3.05, 3.63) is 134 Å². The number of β-amino-alcohol motifs (C(OH)–C–C–N with tert-alkyl or cyclic N) is 1. The second kappa shape index (κ2) is 26.0. The number of H-pyrrole nitrogens is 1. The molecule has 8 rings (SSSR count). The zero-order chi connectivity index (χ0) is 54.8. The third-order valence-corrected chi connectivity index (χ3v) is 15.6. The van der Waals surface area contributed by atoms with Crippen molar-refractivity contribution in [1.29, 1.82) is 0 Å². The van der Waals surface area contributed by atoms with Crippen molar-refractivity contribution in [3.8, 4) is 33.2 Å². The van der Waals surface area contributed by atoms with Gasteiger partial charge in [-0.2, -0.15) is 0 Å². The molecule has 5 heterocycles. The summed E-state index contributed by atoms with van der Waals surface area (Å²) in [4.78, 5) is 66.8. The first-order valence-corrected chi connectivity index (χ1v) is 27.6. The summed E-state index contributed by atoms with van der Waals surface area (Å²) in [6.07, 6.45) is 1.71. The summed E-state index contributed by atoms with van der Waals surface area (Å²) in [5, 5.41) is 20.9. The lowest BCUT2D eigenvalue weighted by atomic mass is 9.91. The Bertz CT molecular complexity index is 3020. The van der Waals surface area contributed by atoms with Gasteiger partial charge in [-0.05, 0) is 129 Å². The molecule has 2 aliphatic heterocycles. The van der Waals surface area contributed by atoms with Crippen LogP contribution in [0.5, 0.6) is 11.6 Å². The summed E-state index contributed by atoms with van der Waals surface area (Å²) in [7, 11) is 0. The molecule has 2 aliphatic rings. The van der Waals surface area contributed by atoms with Gasteiger partial charge in [0.1, 0.15) is 24.3 Å². The average Bonchev–Trinajstić information content (AvgIpc) is 4.17. The molecule has 3 aromatic carbocycles. The number of aryl methyl sites for hydroxylation is 3. The summed E-state index contributed by atoms with van der Waals surface area (Å²) in [6.45, 7) is 19.2. The first kappa shape index (κ1) is 56.3. The number of thiazole rings is 1. The third kappa shape index (κ3) is 13.8. The Balaban J connectivity index is 0.803. The van der Waals surface area contributed by atoms with Crippen LogP contribution in [0.25, 0.3) is 21.6 Å². The molecule has 17 nitrogen and oxygen atoms in total. The van der Waals surface area contributed by atoms with Crippen LogP contribution in [0.4, 0.5) is 5.69 Å². The molecule has 0 radical (unpaired) electrons. The van der Waals surface area contributed by atoms with Crippen LogP contribution in [0.1, 0.15) is 115 Å². The molecule has 0 bridgehead atoms. The Hall–Kier alpha value is -6.86. The zero-order valence-corrected chi connectivity index (χ0v) is 46.3. The normalized spacial score (nSPS) is 16.6. The Morgan fingerprint density at radius 2 is 1.65 bits per heavy atom. The second-order valence-corrected chi connectivity index (χ2v) is 21.3. The van der Waals surface area contributed by atoms with Gasteiger partial charge in [0.25, 0.3) is 17.3 Å². The molecular formula is C59H73N7O10S. The van der Waals surface area contributed by atoms with E-state index in [1.165, 1.54) is 4.90 Å². The molecule has 6 aromatic rings. The maximum atomic E-state index is 14.2. The number of carbonyl (C=O) groups is 3. The number of aliphatic hydroxyl groups is 1. The molecular weight excluding hydrogens is 999 g/mol. The second-order valence-electron chi connectivity index (χ2n) is 20.4. The lowest BCUT2D eigenvalue weighted by molar-refractivity contribution is -0.141. The monoisotopic (exact) mass is 1070 g/mol. The van der Waals surface area contributed by atoms with E-state index in [0.717, 1.165) is 74.7 Å². The Labute approximate surface area is 454 Å². The Kier molecular flexibility index (Phi) is 19.0. The van der Waals surface area contributed by atoms with E-state index in [0.29, 0.717) is 55.5 Å². The van der Waals surface area contributed by atoms with Crippen molar-refractivity contribution in [2.45, 2.75) is 118 Å². The number of anilines is 1. The molecule has 0 spiro atoms. The van der Waals surface area contributed by atoms with Crippen LogP contribution in [0.15, 0.2) is 87.6 Å². The number of nitrogens with zero attached hydrogens (tertiary/aromatic N) is 4. The number of hydrogen-bond acceptors (Lipinski definition) is 14. The highest BCUT2D eigenvalue weighted by molar-refractivity contribution is 7.13. The third-order valence-electron chi connectivity index (χ3n) is 14.6. The Morgan fingerprint density at radius 1 is 0.909 bits per heavy atom. The average molecular weight is 1070 g/mol. The summed E-state index contributed by atoms with van der Waals surface area (Å²) in [5.41, 5.74) is 11.0. The first-order chi connectivity index (χ1) is 37.1. The van der Waals surface area contributed by atoms with Crippen molar-refractivity contribution in [2.75, 3.05) is 57.6 Å². The van der Waals surface area contributed by atoms with E-state index in [4.69, 9.17) is 23.5 Å². The molecule has 0 aliphatic carbocycles. The Morgan fingerprint density at radius 3 is 2.34 bits per heavy atom. The number of aliphatic hydroxyl groups excluding tert-OH is 1. The standard InChI is InChI=1S/C59H73N7O10S/c1-9-65(45-19-23-73-24-20-45)50-29-44(28-48(38(50)6)56(68)60-32-49-36(4)27-37(5)62-57(49)69)42-15-17-47(18-16-42)74-22-10-21-72-25-26-75-53-31-52(76-64-53)54(35(2)3)59(71)66-33-46(67)30-51(66)58(70)63-39(7)41-11-13-43(14-12-41)55-40(8)61-34-77-55/h11-18,27-29,31,34-35,39,45-46,51,54,67H,9-10,19-26,30,32-33H2,1-8H3,(H,60,68)(H,62,69)(H,63,70)/t39-,46+,51-,54?/m0/s1. The molecule has 1 unspecified atom stereocenters. The molecule has 18 heteroatoms. The lowest BCUT2D eigenvalue weighted by Gasteiger charge is -2.37. The van der Waals surface area contributed by atoms with Crippen LogP contribution in [0.3, 0.4) is 0 Å². The van der Waals surface area contributed by atoms with Crippen LogP contribution < -0.4 is 30.6 Å². The first-order valence-electron chi connectivity index (χ1n) is 26.8. The molecule has 2 saturated heterocycles. The molecule has 410 valence electrons. The lowest BCUT2D eigenvalue weighted by Crippen LogP contribution is -2.48. The molecule has 3 amide bonds. The van der Waals surface area contributed by atoms with Gasteiger partial charge in [0.2, 0.25) is 11.8 Å². The van der Waals surface area contributed by atoms with E-state index >= 15 is 0 Å². The van der Waals surface area contributed by atoms with Crippen molar-refractivity contribution in [2.24, 2.45) is 5.92 Å². The highest BCUT2D eigenvalue weighted by atomic mass is 32.1. The smallest absolute Gasteiger partial charge is 0.254 e. The zero-order valence-electron chi connectivity index (χ0n) is 45.5. The number of benzene rings is 3. The number of carbonyl (C=O) groups excluding carboxylic acids is 3. The van der Waals surface area contributed by atoms with E-state index in [-0.39, 0.29) is 79.9 Å². The van der Waals surface area contributed by atoms with Crippen LogP contribution in [0.2, 0.25) is 0 Å². The minimum absolute atomic E-state index is 0.0277. The highest BCUT2D eigenvalue weighted by Gasteiger charge is 2.43. The molecule has 4 atom stereocenters. The quantitative estimate of drug-likeness (QED) is 0.0443. The number of aromatic nitrogens is 3. The molecule has 77 heavy (non-hydrogen) atoms. The van der Waals surface area contributed by atoms with Crippen molar-refractivity contribution < 1.29 is 43.0 Å². The van der Waals surface area contributed by atoms with Crippen LogP contribution in [-0.2, 0) is 25.6 Å². The summed E-state index contributed by atoms with van der Waals surface area (Å²) < 4.78 is 29.1. The van der Waals surface area contributed by atoms with Crippen LogP contribution >= 0.6 is 11.3 Å². The number of likely N-dealkylation sites (tertiary alicyclic amines) is 1. The van der Waals surface area contributed by atoms with Gasteiger partial charge >= 0.3 is 0 Å². The molecule has 3 aromatic heterocycles. The fourth-order valence-corrected chi connectivity index (χ4v) is 11.2. The maximum Gasteiger partial charge on any atom is 0.254 e. The van der Waals surface area contributed by atoms with Gasteiger partial charge in [0.05, 0.1) is 41.4 Å². The number of hydrogen-bond donors (Lipinski definition) is 4. The van der Waals surface area contributed by atoms with Crippen molar-refractivity contribution in [1.82, 2.24) is 30.7 Å². The molecule has 4 N–H and O–H groups in total. The SMILES string of the molecule is CCN(c1cc(-c2ccc(OCCCOCCOc3cc(C(C(=O)N4C[C@H](O)C[C@H]4C(=O)N[C@@H](C)c4ccc(-c5scnc5C)cc4)C(C)C)on3)cc2)cc(C(=O)NCc2c(C)cc(C)[nH]c2=O)c1C)C1CCOCC1. The molecule has 0 saturated carbocycles. The summed E-state index contributed by atoms with van der Waals surface area (Å²) in [6, 6.07) is 22.5. The van der Waals surface area contributed by atoms with Crippen LogP contribution in [0, 0.1) is 33.6 Å². The van der Waals surface area contributed by atoms with Gasteiger partial charge < -0.3 is 54.0 Å². The van der Waals surface area contributed by atoms with Gasteiger partial charge in [-0.3, -0.25) is 19.2 Å². The van der Waals surface area contributed by atoms with E-state index < -0.39 is 18.1 Å². The number of nitrogens with one attached hydrogen (secondary N) is 3. The number of amides is 3. The topological polar surface area (TPSA) is 211 Å². The predicted octanol–water partition coefficient (Wildman–Crippen LogP) is 8.77. The van der Waals surface area contributed by atoms with Gasteiger partial charge in [0, 0.05) is 86.9 Å². The minimum atomic E-state index is -0.854. The fraction of sp³-hybridized carbons (Fsp3) is 0.458.